The maximum atomic E-state index is 10.7. The van der Waals surface area contributed by atoms with Gasteiger partial charge in [0.2, 0.25) is 0 Å². The molecule has 2 aromatic carbocycles. The van der Waals surface area contributed by atoms with Crippen LogP contribution in [0.5, 0.6) is 5.75 Å². The molecule has 0 saturated heterocycles. The molecule has 0 aliphatic carbocycles. The Bertz CT molecular complexity index is 649. The maximum absolute atomic E-state index is 10.7. The minimum atomic E-state index is -0.435. The molecule has 0 saturated carbocycles. The fourth-order valence-corrected chi connectivity index (χ4v) is 2.18. The van der Waals surface area contributed by atoms with Gasteiger partial charge in [-0.2, -0.15) is 0 Å². The summed E-state index contributed by atoms with van der Waals surface area (Å²) in [6.07, 6.45) is 0. The Morgan fingerprint density at radius 2 is 2.10 bits per heavy atom. The summed E-state index contributed by atoms with van der Waals surface area (Å²) in [7, 11) is 0. The van der Waals surface area contributed by atoms with Crippen LogP contribution < -0.4 is 15.8 Å². The summed E-state index contributed by atoms with van der Waals surface area (Å²) in [5.74, 6) is 0.712. The third-order valence-corrected chi connectivity index (χ3v) is 3.32. The molecule has 0 bridgehead atoms. The summed E-state index contributed by atoms with van der Waals surface area (Å²) in [6, 6.07) is 12.0. The molecule has 3 N–H and O–H groups in total. The topological polar surface area (TPSA) is 90.4 Å². The van der Waals surface area contributed by atoms with E-state index < -0.39 is 4.92 Å². The molecule has 0 atom stereocenters. The van der Waals surface area contributed by atoms with Crippen molar-refractivity contribution in [2.75, 3.05) is 18.5 Å². The molecule has 0 aromatic heterocycles. The van der Waals surface area contributed by atoms with E-state index in [1.54, 1.807) is 6.07 Å². The minimum Gasteiger partial charge on any atom is -0.492 e. The third kappa shape index (κ3) is 4.17. The summed E-state index contributed by atoms with van der Waals surface area (Å²) in [5, 5.41) is 13.9. The van der Waals surface area contributed by atoms with E-state index in [0.717, 1.165) is 11.4 Å². The predicted molar refractivity (Wildman–Crippen MR) is 85.1 cm³/mol. The van der Waals surface area contributed by atoms with Crippen molar-refractivity contribution in [3.05, 3.63) is 57.1 Å². The lowest BCUT2D eigenvalue weighted by atomic mass is 10.2. The Hall–Kier alpha value is -2.12. The molecule has 0 fully saturated rings. The second-order valence-corrected chi connectivity index (χ2v) is 5.07. The molecule has 7 heteroatoms. The molecule has 0 spiro atoms. The number of hydrogen-bond donors (Lipinski definition) is 2. The van der Waals surface area contributed by atoms with Gasteiger partial charge < -0.3 is 15.8 Å². The number of benzene rings is 2. The molecule has 0 aliphatic rings. The molecule has 0 unspecified atom stereocenters. The zero-order valence-corrected chi connectivity index (χ0v) is 12.7. The zero-order valence-electron chi connectivity index (χ0n) is 11.1. The highest BCUT2D eigenvalue weighted by atomic mass is 79.9. The Kier molecular flexibility index (Phi) is 5.13. The average molecular weight is 352 g/mol. The van der Waals surface area contributed by atoms with Crippen molar-refractivity contribution in [1.82, 2.24) is 0 Å². The van der Waals surface area contributed by atoms with Gasteiger partial charge in [0.15, 0.2) is 0 Å². The number of nitrogens with zero attached hydrogens (tertiary/aromatic N) is 1. The maximum Gasteiger partial charge on any atom is 0.270 e. The summed E-state index contributed by atoms with van der Waals surface area (Å²) >= 11 is 3.32. The van der Waals surface area contributed by atoms with E-state index in [2.05, 4.69) is 21.2 Å². The van der Waals surface area contributed by atoms with Crippen molar-refractivity contribution < 1.29 is 9.66 Å². The van der Waals surface area contributed by atoms with Crippen molar-refractivity contribution in [2.45, 2.75) is 0 Å². The highest BCUT2D eigenvalue weighted by Crippen LogP contribution is 2.30. The first-order chi connectivity index (χ1) is 10.1. The number of ether oxygens (including phenoxy) is 1. The van der Waals surface area contributed by atoms with E-state index in [-0.39, 0.29) is 5.69 Å². The SMILES string of the molecule is NCCOc1cccc(Nc2ccc([N+](=O)[O-])cc2Br)c1. The molecule has 21 heavy (non-hydrogen) atoms. The number of anilines is 2. The standard InChI is InChI=1S/C14H14BrN3O3/c15-13-9-11(18(19)20)4-5-14(13)17-10-2-1-3-12(8-10)21-7-6-16/h1-5,8-9,17H,6-7,16H2. The lowest BCUT2D eigenvalue weighted by Gasteiger charge is -2.10. The molecule has 2 aromatic rings. The van der Waals surface area contributed by atoms with E-state index in [1.165, 1.54) is 12.1 Å². The summed E-state index contributed by atoms with van der Waals surface area (Å²) in [5.41, 5.74) is 6.98. The van der Waals surface area contributed by atoms with Crippen LogP contribution in [0.2, 0.25) is 0 Å². The third-order valence-electron chi connectivity index (χ3n) is 2.66. The highest BCUT2D eigenvalue weighted by molar-refractivity contribution is 9.10. The molecular formula is C14H14BrN3O3. The van der Waals surface area contributed by atoms with Crippen LogP contribution in [-0.2, 0) is 0 Å². The molecule has 0 amide bonds. The van der Waals surface area contributed by atoms with Gasteiger partial charge in [-0.3, -0.25) is 10.1 Å². The monoisotopic (exact) mass is 351 g/mol. The van der Waals surface area contributed by atoms with Crippen LogP contribution >= 0.6 is 15.9 Å². The number of hydrogen-bond acceptors (Lipinski definition) is 5. The van der Waals surface area contributed by atoms with Crippen LogP contribution in [0.15, 0.2) is 46.9 Å². The summed E-state index contributed by atoms with van der Waals surface area (Å²) in [6.45, 7) is 0.899. The molecular weight excluding hydrogens is 338 g/mol. The van der Waals surface area contributed by atoms with Gasteiger partial charge in [-0.15, -0.1) is 0 Å². The van der Waals surface area contributed by atoms with E-state index in [9.17, 15) is 10.1 Å². The van der Waals surface area contributed by atoms with E-state index in [1.807, 2.05) is 24.3 Å². The van der Waals surface area contributed by atoms with Crippen LogP contribution in [0.4, 0.5) is 17.1 Å². The van der Waals surface area contributed by atoms with Crippen molar-refractivity contribution in [1.29, 1.82) is 0 Å². The molecule has 2 rings (SSSR count). The first kappa shape index (κ1) is 15.3. The van der Waals surface area contributed by atoms with Gasteiger partial charge in [-0.25, -0.2) is 0 Å². The van der Waals surface area contributed by atoms with Gasteiger partial charge in [0.1, 0.15) is 12.4 Å². The van der Waals surface area contributed by atoms with Gasteiger partial charge in [-0.1, -0.05) is 6.07 Å². The number of non-ortho nitro benzene ring substituents is 1. The highest BCUT2D eigenvalue weighted by Gasteiger charge is 2.09. The largest absolute Gasteiger partial charge is 0.492 e. The quantitative estimate of drug-likeness (QED) is 0.614. The van der Waals surface area contributed by atoms with Crippen LogP contribution in [0, 0.1) is 10.1 Å². The van der Waals surface area contributed by atoms with Crippen LogP contribution in [0.3, 0.4) is 0 Å². The molecule has 6 nitrogen and oxygen atoms in total. The lowest BCUT2D eigenvalue weighted by molar-refractivity contribution is -0.384. The number of nitrogens with one attached hydrogen (secondary N) is 1. The smallest absolute Gasteiger partial charge is 0.270 e. The van der Waals surface area contributed by atoms with E-state index in [4.69, 9.17) is 10.5 Å². The molecule has 0 aliphatic heterocycles. The molecule has 0 heterocycles. The van der Waals surface area contributed by atoms with Gasteiger partial charge in [0.25, 0.3) is 5.69 Å². The second-order valence-electron chi connectivity index (χ2n) is 4.21. The Labute approximate surface area is 130 Å². The van der Waals surface area contributed by atoms with E-state index in [0.29, 0.717) is 23.4 Å². The number of rotatable bonds is 6. The number of halogens is 1. The number of nitro groups is 1. The molecule has 110 valence electrons. The molecule has 0 radical (unpaired) electrons. The summed E-state index contributed by atoms with van der Waals surface area (Å²) in [4.78, 5) is 10.3. The fraction of sp³-hybridized carbons (Fsp3) is 0.143. The van der Waals surface area contributed by atoms with Crippen molar-refractivity contribution in [2.24, 2.45) is 5.73 Å². The number of nitro benzene ring substituents is 1. The van der Waals surface area contributed by atoms with Crippen LogP contribution in [-0.4, -0.2) is 18.1 Å². The Morgan fingerprint density at radius 3 is 2.76 bits per heavy atom. The second kappa shape index (κ2) is 7.05. The van der Waals surface area contributed by atoms with Crippen molar-refractivity contribution in [3.8, 4) is 5.75 Å². The normalized spacial score (nSPS) is 10.2. The Balaban J connectivity index is 2.16. The van der Waals surface area contributed by atoms with Crippen molar-refractivity contribution in [3.63, 3.8) is 0 Å². The average Bonchev–Trinajstić information content (AvgIpc) is 2.47. The summed E-state index contributed by atoms with van der Waals surface area (Å²) < 4.78 is 6.06. The lowest BCUT2D eigenvalue weighted by Crippen LogP contribution is -2.10. The van der Waals surface area contributed by atoms with Crippen molar-refractivity contribution >= 4 is 33.0 Å². The van der Waals surface area contributed by atoms with Gasteiger partial charge >= 0.3 is 0 Å². The predicted octanol–water partition coefficient (Wildman–Crippen LogP) is 3.44. The van der Waals surface area contributed by atoms with Gasteiger partial charge in [0, 0.05) is 34.9 Å². The first-order valence-electron chi connectivity index (χ1n) is 6.24. The first-order valence-corrected chi connectivity index (χ1v) is 7.03. The minimum absolute atomic E-state index is 0.0347. The van der Waals surface area contributed by atoms with Gasteiger partial charge in [-0.05, 0) is 34.1 Å². The zero-order chi connectivity index (χ0) is 15.2. The van der Waals surface area contributed by atoms with E-state index >= 15 is 0 Å². The number of nitrogens with two attached hydrogens (primary N) is 1. The fourth-order valence-electron chi connectivity index (χ4n) is 1.71. The van der Waals surface area contributed by atoms with Crippen LogP contribution in [0.1, 0.15) is 0 Å². The van der Waals surface area contributed by atoms with Crippen LogP contribution in [0.25, 0.3) is 0 Å². The van der Waals surface area contributed by atoms with Gasteiger partial charge in [0.05, 0.1) is 10.6 Å². The Morgan fingerprint density at radius 1 is 1.29 bits per heavy atom.